The van der Waals surface area contributed by atoms with Gasteiger partial charge in [-0.2, -0.15) is 0 Å². The smallest absolute Gasteiger partial charge is 0.870 e. The SMILES string of the molecule is [Ge+3].[OH-].[OH-].[OH-]. The molecule has 0 rings (SSSR count). The molecule has 0 atom stereocenters. The second-order valence-electron chi connectivity index (χ2n) is 0. The van der Waals surface area contributed by atoms with Crippen molar-refractivity contribution in [2.45, 2.75) is 0 Å². The summed E-state index contributed by atoms with van der Waals surface area (Å²) < 4.78 is 0. The van der Waals surface area contributed by atoms with Gasteiger partial charge in [0.15, 0.2) is 0 Å². The van der Waals surface area contributed by atoms with Crippen LogP contribution < -0.4 is 0 Å². The third-order valence-electron chi connectivity index (χ3n) is 0. The average molecular weight is 124 g/mol. The Balaban J connectivity index is 0. The van der Waals surface area contributed by atoms with E-state index in [0.29, 0.717) is 0 Å². The van der Waals surface area contributed by atoms with E-state index in [4.69, 9.17) is 0 Å². The van der Waals surface area contributed by atoms with Crippen LogP contribution >= 0.6 is 0 Å². The third kappa shape index (κ3) is 27.4. The van der Waals surface area contributed by atoms with Crippen molar-refractivity contribution in [2.75, 3.05) is 0 Å². The van der Waals surface area contributed by atoms with Gasteiger partial charge in [-0.15, -0.1) is 0 Å². The van der Waals surface area contributed by atoms with Crippen LogP contribution in [0.15, 0.2) is 0 Å². The predicted molar refractivity (Wildman–Crippen MR) is 11.6 cm³/mol. The molecule has 4 heavy (non-hydrogen) atoms. The van der Waals surface area contributed by atoms with Gasteiger partial charge in [0.1, 0.15) is 0 Å². The summed E-state index contributed by atoms with van der Waals surface area (Å²) in [5, 5.41) is 0. The van der Waals surface area contributed by atoms with E-state index in [0.717, 1.165) is 0 Å². The maximum absolute atomic E-state index is 0. The number of hydrogen-bond donors (Lipinski definition) is 0. The first-order valence-corrected chi connectivity index (χ1v) is 0. The average Bonchev–Trinajstić information content (AvgIpc) is 0. The molecule has 0 aliphatic heterocycles. The van der Waals surface area contributed by atoms with E-state index in [1.54, 1.807) is 0 Å². The molecule has 0 aliphatic carbocycles. The largest absolute Gasteiger partial charge is 3.00 e. The summed E-state index contributed by atoms with van der Waals surface area (Å²) in [4.78, 5) is 0. The molecule has 0 saturated heterocycles. The topological polar surface area (TPSA) is 90.0 Å². The van der Waals surface area contributed by atoms with Crippen molar-refractivity contribution in [1.29, 1.82) is 0 Å². The van der Waals surface area contributed by atoms with E-state index in [1.807, 2.05) is 0 Å². The summed E-state index contributed by atoms with van der Waals surface area (Å²) in [6.45, 7) is 0. The Morgan fingerprint density at radius 3 is 0.500 bits per heavy atom. The zero-order valence-electron chi connectivity index (χ0n) is 1.84. The van der Waals surface area contributed by atoms with Crippen molar-refractivity contribution in [3.8, 4) is 0 Å². The van der Waals surface area contributed by atoms with Crippen LogP contribution in [0.4, 0.5) is 0 Å². The molecule has 3 N–H and O–H groups in total. The Labute approximate surface area is 34.9 Å². The molecule has 0 aliphatic rings. The van der Waals surface area contributed by atoms with Gasteiger partial charge in [-0.3, -0.25) is 0 Å². The second-order valence-corrected chi connectivity index (χ2v) is 0. The number of rotatable bonds is 0. The van der Waals surface area contributed by atoms with Gasteiger partial charge < -0.3 is 16.4 Å². The van der Waals surface area contributed by atoms with Gasteiger partial charge in [0.25, 0.3) is 0 Å². The first-order chi connectivity index (χ1) is 0. The molecule has 25 valence electrons. The zero-order valence-corrected chi connectivity index (χ0v) is 3.94. The zero-order chi connectivity index (χ0) is 0. The van der Waals surface area contributed by atoms with Crippen molar-refractivity contribution >= 4 is 17.6 Å². The first kappa shape index (κ1) is 290. The maximum atomic E-state index is 0. The van der Waals surface area contributed by atoms with E-state index < -0.39 is 0 Å². The van der Waals surface area contributed by atoms with Crippen LogP contribution in [0.1, 0.15) is 0 Å². The second kappa shape index (κ2) is 112. The summed E-state index contributed by atoms with van der Waals surface area (Å²) in [5.74, 6) is 0. The number of hydrogen-bond acceptors (Lipinski definition) is 3. The monoisotopic (exact) mass is 125 g/mol. The molecule has 0 saturated carbocycles. The Hall–Kier alpha value is 0.423. The third-order valence-corrected chi connectivity index (χ3v) is 0. The molecule has 3 nitrogen and oxygen atoms in total. The van der Waals surface area contributed by atoms with Crippen LogP contribution in [0, 0.1) is 0 Å². The minimum atomic E-state index is 0. The van der Waals surface area contributed by atoms with Crippen LogP contribution in [-0.4, -0.2) is 34.0 Å². The van der Waals surface area contributed by atoms with E-state index in [-0.39, 0.29) is 34.0 Å². The van der Waals surface area contributed by atoms with Gasteiger partial charge in [0.2, 0.25) is 0 Å². The quantitative estimate of drug-likeness (QED) is 0.391. The molecule has 0 heterocycles. The molecule has 0 amide bonds. The molecule has 0 fully saturated rings. The maximum Gasteiger partial charge on any atom is 3.00 e. The van der Waals surface area contributed by atoms with Crippen molar-refractivity contribution in [3.05, 3.63) is 0 Å². The van der Waals surface area contributed by atoms with Crippen molar-refractivity contribution in [2.24, 2.45) is 0 Å². The summed E-state index contributed by atoms with van der Waals surface area (Å²) in [5.41, 5.74) is 0. The van der Waals surface area contributed by atoms with E-state index in [9.17, 15) is 0 Å². The molecule has 0 spiro atoms. The predicted octanol–water partition coefficient (Wildman–Crippen LogP) is -0.911. The van der Waals surface area contributed by atoms with E-state index in [1.165, 1.54) is 0 Å². The fourth-order valence-corrected chi connectivity index (χ4v) is 0. The van der Waals surface area contributed by atoms with Crippen molar-refractivity contribution in [1.82, 2.24) is 0 Å². The standard InChI is InChI=1S/Ge.3H2O/h;3*1H2/q+3;;;/p-3. The van der Waals surface area contributed by atoms with Gasteiger partial charge in [0, 0.05) is 0 Å². The van der Waals surface area contributed by atoms with E-state index in [2.05, 4.69) is 0 Å². The van der Waals surface area contributed by atoms with Gasteiger partial charge in [0.05, 0.1) is 0 Å². The fourth-order valence-electron chi connectivity index (χ4n) is 0. The molecular weight excluding hydrogens is 121 g/mol. The van der Waals surface area contributed by atoms with Gasteiger partial charge in [-0.05, 0) is 0 Å². The molecule has 0 aromatic rings. The Morgan fingerprint density at radius 2 is 0.500 bits per heavy atom. The van der Waals surface area contributed by atoms with E-state index >= 15 is 0 Å². The molecular formula is H3GeO3. The van der Waals surface area contributed by atoms with Crippen LogP contribution in [-0.2, 0) is 0 Å². The minimum Gasteiger partial charge on any atom is -0.870 e. The van der Waals surface area contributed by atoms with Gasteiger partial charge in [-0.25, -0.2) is 0 Å². The van der Waals surface area contributed by atoms with Crippen LogP contribution in [0.3, 0.4) is 0 Å². The van der Waals surface area contributed by atoms with Crippen LogP contribution in [0.2, 0.25) is 0 Å². The normalized spacial score (nSPS) is 0. The van der Waals surface area contributed by atoms with Crippen LogP contribution in [0.25, 0.3) is 0 Å². The molecule has 0 aromatic heterocycles. The van der Waals surface area contributed by atoms with Gasteiger partial charge in [-0.1, -0.05) is 0 Å². The molecule has 1 radical (unpaired) electrons. The molecule has 0 aromatic carbocycles. The Morgan fingerprint density at radius 1 is 0.500 bits per heavy atom. The Bertz CT molecular complexity index is 3.25. The minimum absolute atomic E-state index is 0. The van der Waals surface area contributed by atoms with Crippen molar-refractivity contribution < 1.29 is 16.4 Å². The summed E-state index contributed by atoms with van der Waals surface area (Å²) in [7, 11) is 0. The fraction of sp³-hybridized carbons (Fsp3) is 0. The summed E-state index contributed by atoms with van der Waals surface area (Å²) >= 11 is 0. The van der Waals surface area contributed by atoms with Crippen molar-refractivity contribution in [3.63, 3.8) is 0 Å². The molecule has 4 heteroatoms. The molecule has 0 unspecified atom stereocenters. The van der Waals surface area contributed by atoms with Gasteiger partial charge >= 0.3 is 17.6 Å². The first-order valence-electron chi connectivity index (χ1n) is 0. The molecule has 0 bridgehead atoms. The summed E-state index contributed by atoms with van der Waals surface area (Å²) in [6, 6.07) is 0. The Kier molecular flexibility index (Phi) is 8140. The van der Waals surface area contributed by atoms with Crippen LogP contribution in [0.5, 0.6) is 0 Å². The summed E-state index contributed by atoms with van der Waals surface area (Å²) in [6.07, 6.45) is 0.